The minimum atomic E-state index is -3.49. The molecular formula is C14H19N3O2S. The molecule has 108 valence electrons. The van der Waals surface area contributed by atoms with Crippen molar-refractivity contribution in [1.29, 1.82) is 0 Å². The monoisotopic (exact) mass is 293 g/mol. The van der Waals surface area contributed by atoms with Crippen LogP contribution in [0.4, 0.5) is 5.69 Å². The molecule has 0 bridgehead atoms. The first kappa shape index (κ1) is 14.9. The summed E-state index contributed by atoms with van der Waals surface area (Å²) in [6, 6.07) is 5.51. The molecule has 0 aromatic heterocycles. The van der Waals surface area contributed by atoms with E-state index in [1.165, 1.54) is 0 Å². The van der Waals surface area contributed by atoms with Gasteiger partial charge in [-0.1, -0.05) is 18.8 Å². The van der Waals surface area contributed by atoms with Crippen LogP contribution in [-0.4, -0.2) is 21.0 Å². The van der Waals surface area contributed by atoms with Gasteiger partial charge in [-0.2, -0.15) is 13.1 Å². The van der Waals surface area contributed by atoms with E-state index in [1.807, 2.05) is 13.0 Å². The highest BCUT2D eigenvalue weighted by atomic mass is 32.2. The number of benzene rings is 1. The maximum absolute atomic E-state index is 11.9. The Labute approximate surface area is 120 Å². The number of rotatable bonds is 5. The molecule has 1 aliphatic carbocycles. The second-order valence-corrected chi connectivity index (χ2v) is 6.18. The molecule has 1 aliphatic rings. The van der Waals surface area contributed by atoms with Crippen LogP contribution in [0.1, 0.15) is 30.9 Å². The molecule has 1 aromatic carbocycles. The first-order valence-electron chi connectivity index (χ1n) is 6.66. The minimum absolute atomic E-state index is 0.0901. The molecule has 0 atom stereocenters. The van der Waals surface area contributed by atoms with Crippen LogP contribution in [0.15, 0.2) is 18.2 Å². The van der Waals surface area contributed by atoms with Gasteiger partial charge in [0.15, 0.2) is 0 Å². The fourth-order valence-corrected chi connectivity index (χ4v) is 3.03. The van der Waals surface area contributed by atoms with Gasteiger partial charge in [0.05, 0.1) is 12.2 Å². The summed E-state index contributed by atoms with van der Waals surface area (Å²) in [5.41, 5.74) is 7.69. The number of aryl methyl sites for hydroxylation is 1. The number of nitrogens with one attached hydrogen (secondary N) is 2. The van der Waals surface area contributed by atoms with Crippen LogP contribution in [0, 0.1) is 11.8 Å². The van der Waals surface area contributed by atoms with Crippen LogP contribution in [0.2, 0.25) is 0 Å². The summed E-state index contributed by atoms with van der Waals surface area (Å²) in [5, 5.41) is 0. The van der Waals surface area contributed by atoms with Crippen LogP contribution >= 0.6 is 0 Å². The Hall–Kier alpha value is -1.55. The quantitative estimate of drug-likeness (QED) is 0.707. The number of anilines is 1. The first-order chi connectivity index (χ1) is 9.54. The maximum Gasteiger partial charge on any atom is 0.299 e. The van der Waals surface area contributed by atoms with Crippen LogP contribution in [0.5, 0.6) is 0 Å². The highest BCUT2D eigenvalue weighted by Gasteiger charge is 2.27. The summed E-state index contributed by atoms with van der Waals surface area (Å²) in [6.45, 7) is 2.28. The third-order valence-corrected chi connectivity index (χ3v) is 4.10. The van der Waals surface area contributed by atoms with Gasteiger partial charge >= 0.3 is 0 Å². The molecule has 1 aromatic rings. The average Bonchev–Trinajstić information content (AvgIpc) is 3.20. The van der Waals surface area contributed by atoms with Crippen molar-refractivity contribution < 1.29 is 8.42 Å². The van der Waals surface area contributed by atoms with Crippen molar-refractivity contribution in [2.24, 2.45) is 5.73 Å². The summed E-state index contributed by atoms with van der Waals surface area (Å²) >= 11 is 0. The van der Waals surface area contributed by atoms with Crippen molar-refractivity contribution in [3.63, 3.8) is 0 Å². The topological polar surface area (TPSA) is 84.2 Å². The third-order valence-electron chi connectivity index (χ3n) is 2.96. The molecular weight excluding hydrogens is 274 g/mol. The van der Waals surface area contributed by atoms with Crippen molar-refractivity contribution in [3.8, 4) is 11.8 Å². The van der Waals surface area contributed by atoms with E-state index in [-0.39, 0.29) is 6.04 Å². The van der Waals surface area contributed by atoms with Crippen molar-refractivity contribution in [2.45, 2.75) is 32.2 Å². The summed E-state index contributed by atoms with van der Waals surface area (Å²) in [5.74, 6) is 5.73. The van der Waals surface area contributed by atoms with Crippen LogP contribution in [-0.2, 0) is 16.6 Å². The lowest BCUT2D eigenvalue weighted by molar-refractivity contribution is 0.586. The Morgan fingerprint density at radius 3 is 2.75 bits per heavy atom. The molecule has 20 heavy (non-hydrogen) atoms. The lowest BCUT2D eigenvalue weighted by atomic mass is 10.1. The van der Waals surface area contributed by atoms with E-state index in [9.17, 15) is 8.42 Å². The van der Waals surface area contributed by atoms with Crippen LogP contribution < -0.4 is 15.2 Å². The lowest BCUT2D eigenvalue weighted by Crippen LogP contribution is -2.32. The lowest BCUT2D eigenvalue weighted by Gasteiger charge is -2.12. The van der Waals surface area contributed by atoms with Gasteiger partial charge in [0.2, 0.25) is 0 Å². The predicted molar refractivity (Wildman–Crippen MR) is 80.5 cm³/mol. The number of nitrogens with two attached hydrogens (primary N) is 1. The zero-order valence-corrected chi connectivity index (χ0v) is 12.3. The highest BCUT2D eigenvalue weighted by molar-refractivity contribution is 7.90. The molecule has 0 saturated heterocycles. The van der Waals surface area contributed by atoms with Crippen LogP contribution in [0.3, 0.4) is 0 Å². The summed E-state index contributed by atoms with van der Waals surface area (Å²) in [4.78, 5) is 0. The zero-order valence-electron chi connectivity index (χ0n) is 11.4. The molecule has 6 heteroatoms. The largest absolute Gasteiger partial charge is 0.320 e. The van der Waals surface area contributed by atoms with E-state index in [0.29, 0.717) is 12.2 Å². The Bertz CT molecular complexity index is 640. The normalized spacial score (nSPS) is 14.5. The smallest absolute Gasteiger partial charge is 0.299 e. The molecule has 1 saturated carbocycles. The fourth-order valence-electron chi connectivity index (χ4n) is 1.81. The summed E-state index contributed by atoms with van der Waals surface area (Å²) in [6.07, 6.45) is 2.55. The van der Waals surface area contributed by atoms with Gasteiger partial charge < -0.3 is 5.73 Å². The van der Waals surface area contributed by atoms with E-state index in [1.54, 1.807) is 12.1 Å². The van der Waals surface area contributed by atoms with Gasteiger partial charge in [0.1, 0.15) is 0 Å². The Balaban J connectivity index is 2.18. The second kappa shape index (κ2) is 6.27. The number of hydrogen-bond donors (Lipinski definition) is 3. The average molecular weight is 293 g/mol. The first-order valence-corrected chi connectivity index (χ1v) is 8.14. The van der Waals surface area contributed by atoms with E-state index < -0.39 is 10.2 Å². The molecule has 0 radical (unpaired) electrons. The fraction of sp³-hybridized carbons (Fsp3) is 0.429. The SMILES string of the molecule is CCc1cc(C#CCN)ccc1NS(=O)(=O)NC1CC1. The molecule has 0 amide bonds. The van der Waals surface area contributed by atoms with Gasteiger partial charge in [-0.15, -0.1) is 0 Å². The zero-order chi connectivity index (χ0) is 14.6. The van der Waals surface area contributed by atoms with E-state index >= 15 is 0 Å². The van der Waals surface area contributed by atoms with Crippen molar-refractivity contribution in [1.82, 2.24) is 4.72 Å². The van der Waals surface area contributed by atoms with Gasteiger partial charge in [0.25, 0.3) is 10.2 Å². The summed E-state index contributed by atoms with van der Waals surface area (Å²) in [7, 11) is -3.49. The predicted octanol–water partition coefficient (Wildman–Crippen LogP) is 0.968. The minimum Gasteiger partial charge on any atom is -0.320 e. The Morgan fingerprint density at radius 2 is 2.15 bits per heavy atom. The van der Waals surface area contributed by atoms with E-state index in [2.05, 4.69) is 21.3 Å². The maximum atomic E-state index is 11.9. The molecule has 1 fully saturated rings. The molecule has 5 nitrogen and oxygen atoms in total. The second-order valence-electron chi connectivity index (χ2n) is 4.73. The van der Waals surface area contributed by atoms with Crippen LogP contribution in [0.25, 0.3) is 0 Å². The number of hydrogen-bond acceptors (Lipinski definition) is 3. The molecule has 0 aliphatic heterocycles. The van der Waals surface area contributed by atoms with Crippen molar-refractivity contribution >= 4 is 15.9 Å². The third kappa shape index (κ3) is 4.23. The molecule has 0 spiro atoms. The standard InChI is InChI=1S/C14H19N3O2S/c1-2-12-10-11(4-3-9-15)5-8-14(12)17-20(18,19)16-13-6-7-13/h5,8,10,13,16-17H,2,6-7,9,15H2,1H3. The van der Waals surface area contributed by atoms with Gasteiger partial charge in [0, 0.05) is 11.6 Å². The summed E-state index contributed by atoms with van der Waals surface area (Å²) < 4.78 is 29.0. The molecule has 4 N–H and O–H groups in total. The molecule has 2 rings (SSSR count). The Kier molecular flexibility index (Phi) is 4.65. The van der Waals surface area contributed by atoms with Gasteiger partial charge in [-0.3, -0.25) is 4.72 Å². The molecule has 0 unspecified atom stereocenters. The molecule has 0 heterocycles. The van der Waals surface area contributed by atoms with Gasteiger partial charge in [-0.05, 0) is 43.0 Å². The van der Waals surface area contributed by atoms with Gasteiger partial charge in [-0.25, -0.2) is 0 Å². The Morgan fingerprint density at radius 1 is 1.40 bits per heavy atom. The highest BCUT2D eigenvalue weighted by Crippen LogP contribution is 2.22. The van der Waals surface area contributed by atoms with Crippen molar-refractivity contribution in [3.05, 3.63) is 29.3 Å². The van der Waals surface area contributed by atoms with E-state index in [4.69, 9.17) is 5.73 Å². The van der Waals surface area contributed by atoms with E-state index in [0.717, 1.165) is 30.4 Å². The van der Waals surface area contributed by atoms with Crippen molar-refractivity contribution in [2.75, 3.05) is 11.3 Å².